The van der Waals surface area contributed by atoms with Crippen molar-refractivity contribution in [2.24, 2.45) is 11.3 Å². The number of hydrogen-bond donors (Lipinski definition) is 1. The van der Waals surface area contributed by atoms with Gasteiger partial charge >= 0.3 is 0 Å². The van der Waals surface area contributed by atoms with E-state index in [9.17, 15) is 0 Å². The minimum atomic E-state index is 0.173. The predicted octanol–water partition coefficient (Wildman–Crippen LogP) is 3.80. The zero-order chi connectivity index (χ0) is 11.9. The predicted molar refractivity (Wildman–Crippen MR) is 70.1 cm³/mol. The summed E-state index contributed by atoms with van der Waals surface area (Å²) in [6, 6.07) is 0.542. The van der Waals surface area contributed by atoms with Gasteiger partial charge < -0.3 is 5.32 Å². The van der Waals surface area contributed by atoms with Crippen molar-refractivity contribution < 1.29 is 0 Å². The van der Waals surface area contributed by atoms with Gasteiger partial charge in [-0.3, -0.25) is 0 Å². The average molecular weight is 217 g/mol. The molecule has 2 atom stereocenters. The molecule has 2 aliphatic rings. The molecule has 1 aliphatic carbocycles. The molecule has 0 aromatic carbocycles. The second-order valence-electron chi connectivity index (χ2n) is 6.14. The molecule has 1 aliphatic heterocycles. The summed E-state index contributed by atoms with van der Waals surface area (Å²) >= 11 is 0. The third-order valence-electron chi connectivity index (χ3n) is 3.76. The number of nitrogens with one attached hydrogen (secondary N) is 1. The van der Waals surface area contributed by atoms with Crippen molar-refractivity contribution in [2.75, 3.05) is 0 Å². The molecular weight excluding hydrogens is 194 g/mol. The lowest BCUT2D eigenvalue weighted by Crippen LogP contribution is -2.43. The Morgan fingerprint density at radius 3 is 2.62 bits per heavy atom. The smallest absolute Gasteiger partial charge is 0.0361 e. The number of rotatable bonds is 0. The Morgan fingerprint density at radius 1 is 1.31 bits per heavy atom. The van der Waals surface area contributed by atoms with Crippen molar-refractivity contribution in [3.8, 4) is 0 Å². The van der Waals surface area contributed by atoms with Gasteiger partial charge in [-0.25, -0.2) is 0 Å². The van der Waals surface area contributed by atoms with E-state index in [1.807, 2.05) is 0 Å². The molecule has 1 heteroatoms. The molecule has 0 radical (unpaired) electrons. The van der Waals surface area contributed by atoms with Crippen LogP contribution >= 0.6 is 0 Å². The summed E-state index contributed by atoms with van der Waals surface area (Å²) < 4.78 is 0. The molecule has 1 fully saturated rings. The number of fused-ring (bicyclic) bond motifs is 1. The maximum Gasteiger partial charge on any atom is 0.0361 e. The van der Waals surface area contributed by atoms with Gasteiger partial charge in [-0.1, -0.05) is 45.6 Å². The quantitative estimate of drug-likeness (QED) is 0.609. The molecule has 0 aromatic heterocycles. The van der Waals surface area contributed by atoms with Crippen molar-refractivity contribution in [1.82, 2.24) is 5.32 Å². The van der Waals surface area contributed by atoms with Crippen LogP contribution < -0.4 is 5.32 Å². The monoisotopic (exact) mass is 217 g/mol. The van der Waals surface area contributed by atoms with Crippen LogP contribution in [-0.4, -0.2) is 6.04 Å². The maximum absolute atomic E-state index is 4.23. The lowest BCUT2D eigenvalue weighted by Gasteiger charge is -2.41. The third kappa shape index (κ3) is 1.95. The van der Waals surface area contributed by atoms with Crippen molar-refractivity contribution in [3.63, 3.8) is 0 Å². The molecule has 88 valence electrons. The van der Waals surface area contributed by atoms with Gasteiger partial charge in [0.15, 0.2) is 0 Å². The number of allylic oxidation sites excluding steroid dienone is 1. The minimum absolute atomic E-state index is 0.173. The van der Waals surface area contributed by atoms with Crippen molar-refractivity contribution >= 4 is 0 Å². The molecule has 0 saturated heterocycles. The zero-order valence-electron chi connectivity index (χ0n) is 10.8. The van der Waals surface area contributed by atoms with Gasteiger partial charge in [-0.2, -0.15) is 0 Å². The SMILES string of the molecule is C=C1NC2CCCC(=C)C2C=C1C(C)(C)C. The topological polar surface area (TPSA) is 12.0 Å². The molecule has 2 rings (SSSR count). The molecule has 1 nitrogen and oxygen atoms in total. The van der Waals surface area contributed by atoms with Crippen molar-refractivity contribution in [3.05, 3.63) is 36.1 Å². The normalized spacial score (nSPS) is 30.6. The van der Waals surface area contributed by atoms with Crippen LogP contribution in [0.5, 0.6) is 0 Å². The molecule has 16 heavy (non-hydrogen) atoms. The van der Waals surface area contributed by atoms with Crippen molar-refractivity contribution in [2.45, 2.75) is 46.1 Å². The Hall–Kier alpha value is -0.980. The van der Waals surface area contributed by atoms with E-state index < -0.39 is 0 Å². The van der Waals surface area contributed by atoms with E-state index in [2.05, 4.69) is 45.3 Å². The van der Waals surface area contributed by atoms with E-state index in [1.54, 1.807) is 0 Å². The summed E-state index contributed by atoms with van der Waals surface area (Å²) in [5.41, 5.74) is 4.03. The first-order valence-electron chi connectivity index (χ1n) is 6.25. The minimum Gasteiger partial charge on any atom is -0.382 e. The van der Waals surface area contributed by atoms with Gasteiger partial charge in [0.25, 0.3) is 0 Å². The Morgan fingerprint density at radius 2 is 2.00 bits per heavy atom. The van der Waals surface area contributed by atoms with Crippen LogP contribution in [0.2, 0.25) is 0 Å². The molecule has 0 spiro atoms. The fourth-order valence-electron chi connectivity index (χ4n) is 2.86. The highest BCUT2D eigenvalue weighted by molar-refractivity contribution is 5.39. The highest BCUT2D eigenvalue weighted by atomic mass is 15.0. The third-order valence-corrected chi connectivity index (χ3v) is 3.76. The second kappa shape index (κ2) is 3.80. The maximum atomic E-state index is 4.23. The summed E-state index contributed by atoms with van der Waals surface area (Å²) in [7, 11) is 0. The van der Waals surface area contributed by atoms with Gasteiger partial charge in [0, 0.05) is 17.7 Å². The van der Waals surface area contributed by atoms with Crippen LogP contribution in [-0.2, 0) is 0 Å². The van der Waals surface area contributed by atoms with Crippen LogP contribution in [0, 0.1) is 11.3 Å². The first kappa shape index (κ1) is 11.5. The van der Waals surface area contributed by atoms with Crippen LogP contribution in [0.3, 0.4) is 0 Å². The Balaban J connectivity index is 2.34. The van der Waals surface area contributed by atoms with Gasteiger partial charge in [0.2, 0.25) is 0 Å². The fourth-order valence-corrected chi connectivity index (χ4v) is 2.86. The van der Waals surface area contributed by atoms with Gasteiger partial charge in [-0.05, 0) is 30.3 Å². The highest BCUT2D eigenvalue weighted by Crippen LogP contribution is 2.40. The molecular formula is C15H23N. The van der Waals surface area contributed by atoms with E-state index in [-0.39, 0.29) is 5.41 Å². The molecule has 2 unspecified atom stereocenters. The largest absolute Gasteiger partial charge is 0.382 e. The highest BCUT2D eigenvalue weighted by Gasteiger charge is 2.33. The van der Waals surface area contributed by atoms with Crippen LogP contribution in [0.15, 0.2) is 36.1 Å². The van der Waals surface area contributed by atoms with E-state index in [1.165, 1.54) is 30.4 Å². The van der Waals surface area contributed by atoms with Gasteiger partial charge in [-0.15, -0.1) is 0 Å². The summed E-state index contributed by atoms with van der Waals surface area (Å²) in [6.45, 7) is 15.1. The fraction of sp³-hybridized carbons (Fsp3) is 0.600. The second-order valence-corrected chi connectivity index (χ2v) is 6.14. The lowest BCUT2D eigenvalue weighted by atomic mass is 9.73. The molecule has 0 bridgehead atoms. The van der Waals surface area contributed by atoms with E-state index >= 15 is 0 Å². The standard InChI is InChI=1S/C15H23N/c1-10-7-6-8-14-12(10)9-13(11(2)16-14)15(3,4)5/h9,12,14,16H,1-2,6-8H2,3-5H3. The van der Waals surface area contributed by atoms with Crippen LogP contribution in [0.4, 0.5) is 0 Å². The molecule has 1 saturated carbocycles. The van der Waals surface area contributed by atoms with E-state index in [0.29, 0.717) is 12.0 Å². The lowest BCUT2D eigenvalue weighted by molar-refractivity contribution is 0.363. The molecule has 1 N–H and O–H groups in total. The Kier molecular flexibility index (Phi) is 2.73. The van der Waals surface area contributed by atoms with Gasteiger partial charge in [0.1, 0.15) is 0 Å². The summed E-state index contributed by atoms with van der Waals surface area (Å²) in [5, 5.41) is 3.58. The number of hydrogen-bond acceptors (Lipinski definition) is 1. The first-order valence-corrected chi connectivity index (χ1v) is 6.25. The van der Waals surface area contributed by atoms with E-state index in [0.717, 1.165) is 5.70 Å². The summed E-state index contributed by atoms with van der Waals surface area (Å²) in [6.07, 6.45) is 6.10. The zero-order valence-corrected chi connectivity index (χ0v) is 10.8. The molecule has 0 amide bonds. The first-order chi connectivity index (χ1) is 7.39. The van der Waals surface area contributed by atoms with Crippen molar-refractivity contribution in [1.29, 1.82) is 0 Å². The Bertz CT molecular complexity index is 354. The van der Waals surface area contributed by atoms with Gasteiger partial charge in [0.05, 0.1) is 0 Å². The molecule has 1 heterocycles. The van der Waals surface area contributed by atoms with E-state index in [4.69, 9.17) is 0 Å². The summed E-state index contributed by atoms with van der Waals surface area (Å²) in [4.78, 5) is 0. The molecule has 0 aromatic rings. The Labute approximate surface area is 99.3 Å². The summed E-state index contributed by atoms with van der Waals surface area (Å²) in [5.74, 6) is 0.522. The van der Waals surface area contributed by atoms with Crippen LogP contribution in [0.1, 0.15) is 40.0 Å². The average Bonchev–Trinajstić information content (AvgIpc) is 2.15. The van der Waals surface area contributed by atoms with Crippen LogP contribution in [0.25, 0.3) is 0 Å².